The molecule has 0 aromatic heterocycles. The van der Waals surface area contributed by atoms with Crippen LogP contribution in [0.15, 0.2) is 24.3 Å². The van der Waals surface area contributed by atoms with Crippen molar-refractivity contribution in [2.45, 2.75) is 33.3 Å². The van der Waals surface area contributed by atoms with Crippen molar-refractivity contribution in [2.24, 2.45) is 5.92 Å². The van der Waals surface area contributed by atoms with Gasteiger partial charge < -0.3 is 9.47 Å². The molecule has 3 nitrogen and oxygen atoms in total. The molecule has 0 saturated heterocycles. The summed E-state index contributed by atoms with van der Waals surface area (Å²) in [4.78, 5) is 0. The van der Waals surface area contributed by atoms with Crippen molar-refractivity contribution < 1.29 is 9.47 Å². The molecule has 0 bridgehead atoms. The van der Waals surface area contributed by atoms with Gasteiger partial charge in [0.1, 0.15) is 12.4 Å². The van der Waals surface area contributed by atoms with Gasteiger partial charge >= 0.3 is 0 Å². The molecule has 0 N–H and O–H groups in total. The average molecular weight is 247 g/mol. The van der Waals surface area contributed by atoms with Gasteiger partial charge in [-0.2, -0.15) is 5.26 Å². The van der Waals surface area contributed by atoms with Crippen LogP contribution >= 0.6 is 0 Å². The van der Waals surface area contributed by atoms with E-state index in [-0.39, 0.29) is 6.10 Å². The SMILES string of the molecule is CC(C)CC(C)OCCOc1ccc(C#N)cc1. The van der Waals surface area contributed by atoms with Crippen LogP contribution in [0.4, 0.5) is 0 Å². The first-order valence-electron chi connectivity index (χ1n) is 6.36. The van der Waals surface area contributed by atoms with E-state index in [0.29, 0.717) is 24.7 Å². The van der Waals surface area contributed by atoms with Crippen LogP contribution in [-0.4, -0.2) is 19.3 Å². The summed E-state index contributed by atoms with van der Waals surface area (Å²) in [6.45, 7) is 7.59. The van der Waals surface area contributed by atoms with Crippen LogP contribution < -0.4 is 4.74 Å². The molecule has 0 spiro atoms. The fraction of sp³-hybridized carbons (Fsp3) is 0.533. The van der Waals surface area contributed by atoms with Crippen molar-refractivity contribution in [3.8, 4) is 11.8 Å². The molecule has 1 rings (SSSR count). The Bertz CT molecular complexity index is 378. The first-order valence-corrected chi connectivity index (χ1v) is 6.36. The largest absolute Gasteiger partial charge is 0.491 e. The molecule has 98 valence electrons. The molecule has 0 aliphatic heterocycles. The summed E-state index contributed by atoms with van der Waals surface area (Å²) in [6.07, 6.45) is 1.34. The molecular formula is C15H21NO2. The summed E-state index contributed by atoms with van der Waals surface area (Å²) < 4.78 is 11.2. The van der Waals surface area contributed by atoms with Gasteiger partial charge in [-0.1, -0.05) is 13.8 Å². The number of benzene rings is 1. The standard InChI is InChI=1S/C15H21NO2/c1-12(2)10-13(3)17-8-9-18-15-6-4-14(11-16)5-7-15/h4-7,12-13H,8-10H2,1-3H3. The maximum absolute atomic E-state index is 8.66. The predicted octanol–water partition coefficient (Wildman–Crippen LogP) is 3.39. The van der Waals surface area contributed by atoms with Gasteiger partial charge in [0.25, 0.3) is 0 Å². The van der Waals surface area contributed by atoms with Crippen molar-refractivity contribution in [3.05, 3.63) is 29.8 Å². The molecule has 0 heterocycles. The van der Waals surface area contributed by atoms with E-state index in [4.69, 9.17) is 14.7 Å². The molecule has 0 amide bonds. The normalized spacial score (nSPS) is 12.2. The van der Waals surface area contributed by atoms with E-state index in [1.54, 1.807) is 24.3 Å². The van der Waals surface area contributed by atoms with Gasteiger partial charge in [0.15, 0.2) is 0 Å². The Balaban J connectivity index is 2.19. The van der Waals surface area contributed by atoms with Crippen molar-refractivity contribution in [2.75, 3.05) is 13.2 Å². The van der Waals surface area contributed by atoms with Gasteiger partial charge in [-0.05, 0) is 43.5 Å². The average Bonchev–Trinajstić information content (AvgIpc) is 2.34. The topological polar surface area (TPSA) is 42.2 Å². The van der Waals surface area contributed by atoms with E-state index in [9.17, 15) is 0 Å². The summed E-state index contributed by atoms with van der Waals surface area (Å²) in [6, 6.07) is 9.17. The lowest BCUT2D eigenvalue weighted by molar-refractivity contribution is 0.0331. The van der Waals surface area contributed by atoms with Gasteiger partial charge in [-0.25, -0.2) is 0 Å². The highest BCUT2D eigenvalue weighted by molar-refractivity contribution is 5.34. The Morgan fingerprint density at radius 2 is 1.78 bits per heavy atom. The minimum atomic E-state index is 0.273. The Morgan fingerprint density at radius 1 is 1.11 bits per heavy atom. The highest BCUT2D eigenvalue weighted by Crippen LogP contribution is 2.12. The zero-order valence-electron chi connectivity index (χ0n) is 11.3. The number of nitrogens with zero attached hydrogens (tertiary/aromatic N) is 1. The fourth-order valence-corrected chi connectivity index (χ4v) is 1.77. The van der Waals surface area contributed by atoms with Crippen LogP contribution in [-0.2, 0) is 4.74 Å². The number of rotatable bonds is 7. The Hall–Kier alpha value is -1.53. The number of hydrogen-bond acceptors (Lipinski definition) is 3. The molecule has 18 heavy (non-hydrogen) atoms. The molecule has 1 aromatic rings. The quantitative estimate of drug-likeness (QED) is 0.694. The Kier molecular flexibility index (Phi) is 6.24. The van der Waals surface area contributed by atoms with Crippen LogP contribution in [0.3, 0.4) is 0 Å². The van der Waals surface area contributed by atoms with Crippen LogP contribution in [0.25, 0.3) is 0 Å². The highest BCUT2D eigenvalue weighted by Gasteiger charge is 2.04. The molecule has 0 radical (unpaired) electrons. The first kappa shape index (κ1) is 14.5. The summed E-state index contributed by atoms with van der Waals surface area (Å²) in [5.41, 5.74) is 0.643. The van der Waals surface area contributed by atoms with E-state index < -0.39 is 0 Å². The molecular weight excluding hydrogens is 226 g/mol. The third-order valence-corrected chi connectivity index (χ3v) is 2.54. The van der Waals surface area contributed by atoms with E-state index >= 15 is 0 Å². The van der Waals surface area contributed by atoms with E-state index in [2.05, 4.69) is 26.8 Å². The summed E-state index contributed by atoms with van der Waals surface area (Å²) in [7, 11) is 0. The molecule has 1 aromatic carbocycles. The van der Waals surface area contributed by atoms with E-state index in [0.717, 1.165) is 12.2 Å². The van der Waals surface area contributed by atoms with Crippen molar-refractivity contribution in [1.82, 2.24) is 0 Å². The van der Waals surface area contributed by atoms with Crippen molar-refractivity contribution >= 4 is 0 Å². The van der Waals surface area contributed by atoms with E-state index in [1.807, 2.05) is 0 Å². The van der Waals surface area contributed by atoms with Gasteiger partial charge in [0.05, 0.1) is 24.3 Å². The molecule has 0 aliphatic rings. The third kappa shape index (κ3) is 5.70. The van der Waals surface area contributed by atoms with Crippen LogP contribution in [0, 0.1) is 17.2 Å². The van der Waals surface area contributed by atoms with Gasteiger partial charge in [0, 0.05) is 0 Å². The lowest BCUT2D eigenvalue weighted by Gasteiger charge is -2.15. The molecule has 1 atom stereocenters. The summed E-state index contributed by atoms with van der Waals surface area (Å²) >= 11 is 0. The molecule has 0 fully saturated rings. The first-order chi connectivity index (χ1) is 8.61. The van der Waals surface area contributed by atoms with Gasteiger partial charge in [-0.3, -0.25) is 0 Å². The van der Waals surface area contributed by atoms with Crippen LogP contribution in [0.1, 0.15) is 32.8 Å². The second kappa shape index (κ2) is 7.73. The lowest BCUT2D eigenvalue weighted by atomic mass is 10.1. The van der Waals surface area contributed by atoms with Gasteiger partial charge in [-0.15, -0.1) is 0 Å². The smallest absolute Gasteiger partial charge is 0.119 e. The number of nitriles is 1. The molecule has 3 heteroatoms. The Morgan fingerprint density at radius 3 is 2.33 bits per heavy atom. The lowest BCUT2D eigenvalue weighted by Crippen LogP contribution is -2.16. The predicted molar refractivity (Wildman–Crippen MR) is 71.5 cm³/mol. The molecule has 1 unspecified atom stereocenters. The Labute approximate surface area is 109 Å². The molecule has 0 saturated carbocycles. The fourth-order valence-electron chi connectivity index (χ4n) is 1.77. The van der Waals surface area contributed by atoms with Crippen LogP contribution in [0.5, 0.6) is 5.75 Å². The molecule has 0 aliphatic carbocycles. The maximum atomic E-state index is 8.66. The number of hydrogen-bond donors (Lipinski definition) is 0. The zero-order chi connectivity index (χ0) is 13.4. The summed E-state index contributed by atoms with van der Waals surface area (Å²) in [5, 5.41) is 8.66. The van der Waals surface area contributed by atoms with Crippen LogP contribution in [0.2, 0.25) is 0 Å². The third-order valence-electron chi connectivity index (χ3n) is 2.54. The van der Waals surface area contributed by atoms with E-state index in [1.165, 1.54) is 0 Å². The van der Waals surface area contributed by atoms with Crippen molar-refractivity contribution in [3.63, 3.8) is 0 Å². The van der Waals surface area contributed by atoms with Gasteiger partial charge in [0.2, 0.25) is 0 Å². The second-order valence-electron chi connectivity index (χ2n) is 4.80. The van der Waals surface area contributed by atoms with Crippen molar-refractivity contribution in [1.29, 1.82) is 5.26 Å². The minimum absolute atomic E-state index is 0.273. The minimum Gasteiger partial charge on any atom is -0.491 e. The number of ether oxygens (including phenoxy) is 2. The maximum Gasteiger partial charge on any atom is 0.119 e. The highest BCUT2D eigenvalue weighted by atomic mass is 16.5. The second-order valence-corrected chi connectivity index (χ2v) is 4.80. The monoisotopic (exact) mass is 247 g/mol. The zero-order valence-corrected chi connectivity index (χ0v) is 11.3. The summed E-state index contributed by atoms with van der Waals surface area (Å²) in [5.74, 6) is 1.42.